The minimum absolute atomic E-state index is 0.126. The number of methoxy groups -OCH3 is 2. The molecule has 0 spiro atoms. The molecule has 1 saturated carbocycles. The number of benzene rings is 1. The van der Waals surface area contributed by atoms with Gasteiger partial charge in [-0.2, -0.15) is 0 Å². The van der Waals surface area contributed by atoms with Crippen LogP contribution in [0.4, 0.5) is 5.69 Å². The summed E-state index contributed by atoms with van der Waals surface area (Å²) < 4.78 is 10.4. The van der Waals surface area contributed by atoms with Gasteiger partial charge in [-0.05, 0) is 18.9 Å². The van der Waals surface area contributed by atoms with E-state index < -0.39 is 0 Å². The van der Waals surface area contributed by atoms with Crippen LogP contribution >= 0.6 is 11.6 Å². The van der Waals surface area contributed by atoms with Crippen molar-refractivity contribution in [3.63, 3.8) is 0 Å². The number of nitrogens with one attached hydrogen (secondary N) is 1. The first kappa shape index (κ1) is 15.9. The highest BCUT2D eigenvalue weighted by molar-refractivity contribution is 6.32. The van der Waals surface area contributed by atoms with Gasteiger partial charge in [-0.15, -0.1) is 0 Å². The van der Waals surface area contributed by atoms with Gasteiger partial charge in [0.05, 0.1) is 24.9 Å². The number of hydrogen-bond donors (Lipinski definition) is 2. The number of carbonyl (C=O) groups excluding carboxylic acids is 1. The average Bonchev–Trinajstić information content (AvgIpc) is 2.85. The molecule has 1 aliphatic carbocycles. The summed E-state index contributed by atoms with van der Waals surface area (Å²) in [6.07, 6.45) is 4.25. The second kappa shape index (κ2) is 6.54. The molecule has 116 valence electrons. The molecule has 0 saturated heterocycles. The fourth-order valence-electron chi connectivity index (χ4n) is 2.73. The van der Waals surface area contributed by atoms with Gasteiger partial charge in [0.1, 0.15) is 11.5 Å². The molecule has 3 N–H and O–H groups in total. The second-order valence-corrected chi connectivity index (χ2v) is 5.89. The summed E-state index contributed by atoms with van der Waals surface area (Å²) in [4.78, 5) is 12.2. The van der Waals surface area contributed by atoms with E-state index in [4.69, 9.17) is 26.8 Å². The number of carbonyl (C=O) groups is 1. The van der Waals surface area contributed by atoms with E-state index >= 15 is 0 Å². The van der Waals surface area contributed by atoms with Gasteiger partial charge in [-0.25, -0.2) is 0 Å². The number of amides is 1. The lowest BCUT2D eigenvalue weighted by Crippen LogP contribution is -2.40. The van der Waals surface area contributed by atoms with Crippen LogP contribution in [0.1, 0.15) is 32.1 Å². The van der Waals surface area contributed by atoms with Gasteiger partial charge < -0.3 is 20.5 Å². The van der Waals surface area contributed by atoms with Crippen LogP contribution in [0, 0.1) is 0 Å². The third-order valence-corrected chi connectivity index (χ3v) is 4.16. The lowest BCUT2D eigenvalue weighted by atomic mass is 9.94. The SMILES string of the molecule is COc1cc(OC)c(NC(=O)CC2(N)CCCC2)cc1Cl. The summed E-state index contributed by atoms with van der Waals surface area (Å²) >= 11 is 6.08. The molecule has 0 atom stereocenters. The molecule has 0 aliphatic heterocycles. The van der Waals surface area contributed by atoms with Crippen molar-refractivity contribution < 1.29 is 14.3 Å². The van der Waals surface area contributed by atoms with Gasteiger partial charge in [0.25, 0.3) is 0 Å². The topological polar surface area (TPSA) is 73.6 Å². The molecule has 1 aliphatic rings. The van der Waals surface area contributed by atoms with Crippen LogP contribution in [0.5, 0.6) is 11.5 Å². The van der Waals surface area contributed by atoms with Crippen molar-refractivity contribution in [2.75, 3.05) is 19.5 Å². The minimum Gasteiger partial charge on any atom is -0.495 e. The van der Waals surface area contributed by atoms with Gasteiger partial charge in [0, 0.05) is 18.0 Å². The highest BCUT2D eigenvalue weighted by Crippen LogP contribution is 2.36. The Bertz CT molecular complexity index is 528. The van der Waals surface area contributed by atoms with Crippen molar-refractivity contribution in [1.29, 1.82) is 0 Å². The Kier molecular flexibility index (Phi) is 4.96. The van der Waals surface area contributed by atoms with Crippen molar-refractivity contribution in [3.05, 3.63) is 17.2 Å². The number of hydrogen-bond acceptors (Lipinski definition) is 4. The molecule has 0 heterocycles. The molecule has 6 heteroatoms. The molecule has 1 aromatic rings. The van der Waals surface area contributed by atoms with Crippen molar-refractivity contribution in [3.8, 4) is 11.5 Å². The smallest absolute Gasteiger partial charge is 0.226 e. The van der Waals surface area contributed by atoms with E-state index in [2.05, 4.69) is 5.32 Å². The van der Waals surface area contributed by atoms with Crippen LogP contribution < -0.4 is 20.5 Å². The molecule has 0 bridgehead atoms. The fourth-order valence-corrected chi connectivity index (χ4v) is 2.97. The van der Waals surface area contributed by atoms with E-state index in [-0.39, 0.29) is 11.4 Å². The normalized spacial score (nSPS) is 16.6. The molecular weight excluding hydrogens is 292 g/mol. The Labute approximate surface area is 129 Å². The van der Waals surface area contributed by atoms with Crippen molar-refractivity contribution in [1.82, 2.24) is 0 Å². The fraction of sp³-hybridized carbons (Fsp3) is 0.533. The molecular formula is C15H21ClN2O3. The zero-order chi connectivity index (χ0) is 15.5. The number of nitrogens with two attached hydrogens (primary N) is 1. The Hall–Kier alpha value is -1.46. The lowest BCUT2D eigenvalue weighted by molar-refractivity contribution is -0.117. The highest BCUT2D eigenvalue weighted by atomic mass is 35.5. The largest absolute Gasteiger partial charge is 0.495 e. The number of rotatable bonds is 5. The predicted octanol–water partition coefficient (Wildman–Crippen LogP) is 2.96. The average molecular weight is 313 g/mol. The first-order valence-electron chi connectivity index (χ1n) is 6.98. The van der Waals surface area contributed by atoms with Crippen LogP contribution in [0.3, 0.4) is 0 Å². The summed E-state index contributed by atoms with van der Waals surface area (Å²) in [5, 5.41) is 3.24. The Balaban J connectivity index is 2.11. The number of anilines is 1. The number of ether oxygens (including phenoxy) is 2. The van der Waals surface area contributed by atoms with Gasteiger partial charge >= 0.3 is 0 Å². The Morgan fingerprint density at radius 2 is 1.90 bits per heavy atom. The predicted molar refractivity (Wildman–Crippen MR) is 83.2 cm³/mol. The lowest BCUT2D eigenvalue weighted by Gasteiger charge is -2.23. The van der Waals surface area contributed by atoms with E-state index in [9.17, 15) is 4.79 Å². The summed E-state index contributed by atoms with van der Waals surface area (Å²) in [5.41, 5.74) is 6.36. The Morgan fingerprint density at radius 3 is 2.48 bits per heavy atom. The van der Waals surface area contributed by atoms with E-state index in [0.29, 0.717) is 28.6 Å². The molecule has 2 rings (SSSR count). The van der Waals surface area contributed by atoms with E-state index in [1.165, 1.54) is 14.2 Å². The van der Waals surface area contributed by atoms with Crippen LogP contribution in [-0.4, -0.2) is 25.7 Å². The monoisotopic (exact) mass is 312 g/mol. The van der Waals surface area contributed by atoms with Gasteiger partial charge in [-0.1, -0.05) is 24.4 Å². The maximum absolute atomic E-state index is 12.2. The summed E-state index contributed by atoms with van der Waals surface area (Å²) in [7, 11) is 3.05. The van der Waals surface area contributed by atoms with E-state index in [0.717, 1.165) is 25.7 Å². The van der Waals surface area contributed by atoms with Crippen LogP contribution in [0.2, 0.25) is 5.02 Å². The maximum atomic E-state index is 12.2. The summed E-state index contributed by atoms with van der Waals surface area (Å²) in [5.74, 6) is 0.874. The van der Waals surface area contributed by atoms with Gasteiger partial charge in [0.15, 0.2) is 0 Å². The maximum Gasteiger partial charge on any atom is 0.226 e. The third-order valence-electron chi connectivity index (χ3n) is 3.86. The molecule has 5 nitrogen and oxygen atoms in total. The zero-order valence-electron chi connectivity index (χ0n) is 12.4. The molecule has 0 aromatic heterocycles. The standard InChI is InChI=1S/C15H21ClN2O3/c1-20-12-8-13(21-2)11(7-10(12)16)18-14(19)9-15(17)5-3-4-6-15/h7-8H,3-6,9,17H2,1-2H3,(H,18,19). The van der Waals surface area contributed by atoms with E-state index in [1.54, 1.807) is 12.1 Å². The first-order valence-corrected chi connectivity index (χ1v) is 7.35. The molecule has 1 amide bonds. The van der Waals surface area contributed by atoms with Crippen LogP contribution in [0.25, 0.3) is 0 Å². The van der Waals surface area contributed by atoms with Crippen LogP contribution in [-0.2, 0) is 4.79 Å². The summed E-state index contributed by atoms with van der Waals surface area (Å²) in [6, 6.07) is 3.26. The molecule has 1 fully saturated rings. The minimum atomic E-state index is -0.381. The quantitative estimate of drug-likeness (QED) is 0.876. The Morgan fingerprint density at radius 1 is 1.29 bits per heavy atom. The molecule has 1 aromatic carbocycles. The first-order chi connectivity index (χ1) is 9.97. The highest BCUT2D eigenvalue weighted by Gasteiger charge is 2.31. The van der Waals surface area contributed by atoms with E-state index in [1.807, 2.05) is 0 Å². The molecule has 0 unspecified atom stereocenters. The van der Waals surface area contributed by atoms with Gasteiger partial charge in [0.2, 0.25) is 5.91 Å². The zero-order valence-corrected chi connectivity index (χ0v) is 13.1. The summed E-state index contributed by atoms with van der Waals surface area (Å²) in [6.45, 7) is 0. The van der Waals surface area contributed by atoms with Crippen molar-refractivity contribution in [2.24, 2.45) is 5.73 Å². The van der Waals surface area contributed by atoms with Crippen molar-refractivity contribution >= 4 is 23.2 Å². The molecule has 0 radical (unpaired) electrons. The second-order valence-electron chi connectivity index (χ2n) is 5.48. The third kappa shape index (κ3) is 3.80. The van der Waals surface area contributed by atoms with Crippen molar-refractivity contribution in [2.45, 2.75) is 37.6 Å². The van der Waals surface area contributed by atoms with Crippen LogP contribution in [0.15, 0.2) is 12.1 Å². The number of halogens is 1. The van der Waals surface area contributed by atoms with Gasteiger partial charge in [-0.3, -0.25) is 4.79 Å². The molecule has 21 heavy (non-hydrogen) atoms.